The van der Waals surface area contributed by atoms with Gasteiger partial charge in [-0.2, -0.15) is 0 Å². The molecular formula is C10H18NP. The molecule has 0 spiro atoms. The Balaban J connectivity index is 2.87. The van der Waals surface area contributed by atoms with Crippen molar-refractivity contribution in [3.63, 3.8) is 0 Å². The van der Waals surface area contributed by atoms with Crippen molar-refractivity contribution in [3.8, 4) is 0 Å². The second-order valence-corrected chi connectivity index (χ2v) is 4.00. The number of rotatable bonds is 0. The zero-order valence-corrected chi connectivity index (χ0v) is 9.03. The van der Waals surface area contributed by atoms with Crippen LogP contribution in [0.2, 0.25) is 0 Å². The van der Waals surface area contributed by atoms with Gasteiger partial charge < -0.3 is 5.73 Å². The SMILES string of the molecule is C/C=C1/CCC(N)C(P)/C1=C/C. The molecule has 1 aliphatic carbocycles. The summed E-state index contributed by atoms with van der Waals surface area (Å²) >= 11 is 0. The van der Waals surface area contributed by atoms with Crippen LogP contribution in [0.4, 0.5) is 0 Å². The first-order valence-corrected chi connectivity index (χ1v) is 5.20. The molecule has 1 nitrogen and oxygen atoms in total. The van der Waals surface area contributed by atoms with Gasteiger partial charge in [0.05, 0.1) is 0 Å². The molecule has 68 valence electrons. The highest BCUT2D eigenvalue weighted by Crippen LogP contribution is 2.32. The third-order valence-corrected chi connectivity index (χ3v) is 3.45. The van der Waals surface area contributed by atoms with Gasteiger partial charge in [-0.05, 0) is 37.8 Å². The Morgan fingerprint density at radius 3 is 2.58 bits per heavy atom. The second kappa shape index (κ2) is 4.20. The van der Waals surface area contributed by atoms with Gasteiger partial charge in [0.15, 0.2) is 0 Å². The molecule has 2 heteroatoms. The third kappa shape index (κ3) is 1.78. The summed E-state index contributed by atoms with van der Waals surface area (Å²) in [5, 5.41) is 0. The Bertz CT molecular complexity index is 218. The molecule has 1 fully saturated rings. The van der Waals surface area contributed by atoms with Crippen LogP contribution in [0.25, 0.3) is 0 Å². The predicted octanol–water partition coefficient (Wildman–Crippen LogP) is 2.24. The predicted molar refractivity (Wildman–Crippen MR) is 58.2 cm³/mol. The normalized spacial score (nSPS) is 37.7. The molecule has 0 bridgehead atoms. The summed E-state index contributed by atoms with van der Waals surface area (Å²) in [6.07, 6.45) is 6.65. The van der Waals surface area contributed by atoms with E-state index in [2.05, 4.69) is 35.2 Å². The Hall–Kier alpha value is -0.130. The van der Waals surface area contributed by atoms with E-state index >= 15 is 0 Å². The van der Waals surface area contributed by atoms with Crippen molar-refractivity contribution in [2.24, 2.45) is 5.73 Å². The average Bonchev–Trinajstić information content (AvgIpc) is 2.09. The fourth-order valence-electron chi connectivity index (χ4n) is 1.78. The number of allylic oxidation sites excluding steroid dienone is 3. The number of nitrogens with two attached hydrogens (primary N) is 1. The highest BCUT2D eigenvalue weighted by atomic mass is 31.0. The summed E-state index contributed by atoms with van der Waals surface area (Å²) in [4.78, 5) is 0. The smallest absolute Gasteiger partial charge is 0.0146 e. The largest absolute Gasteiger partial charge is 0.327 e. The third-order valence-electron chi connectivity index (χ3n) is 2.60. The van der Waals surface area contributed by atoms with Crippen LogP contribution in [0.1, 0.15) is 26.7 Å². The van der Waals surface area contributed by atoms with E-state index in [1.807, 2.05) is 0 Å². The van der Waals surface area contributed by atoms with Gasteiger partial charge in [0.1, 0.15) is 0 Å². The average molecular weight is 183 g/mol. The Morgan fingerprint density at radius 1 is 1.42 bits per heavy atom. The maximum absolute atomic E-state index is 5.97. The highest BCUT2D eigenvalue weighted by Gasteiger charge is 2.24. The highest BCUT2D eigenvalue weighted by molar-refractivity contribution is 7.18. The van der Waals surface area contributed by atoms with Gasteiger partial charge in [-0.3, -0.25) is 0 Å². The molecule has 1 saturated carbocycles. The van der Waals surface area contributed by atoms with E-state index in [1.165, 1.54) is 11.1 Å². The van der Waals surface area contributed by atoms with E-state index in [0.29, 0.717) is 11.7 Å². The maximum Gasteiger partial charge on any atom is 0.0146 e. The van der Waals surface area contributed by atoms with Gasteiger partial charge in [-0.15, -0.1) is 9.24 Å². The van der Waals surface area contributed by atoms with Gasteiger partial charge in [-0.1, -0.05) is 12.2 Å². The Kier molecular flexibility index (Phi) is 3.49. The van der Waals surface area contributed by atoms with Crippen LogP contribution in [0.15, 0.2) is 23.3 Å². The summed E-state index contributed by atoms with van der Waals surface area (Å²) in [5.41, 5.74) is 9.32. The van der Waals surface area contributed by atoms with E-state index in [1.54, 1.807) is 0 Å². The van der Waals surface area contributed by atoms with Crippen LogP contribution in [-0.2, 0) is 0 Å². The van der Waals surface area contributed by atoms with Crippen molar-refractivity contribution in [2.45, 2.75) is 38.4 Å². The molecule has 0 amide bonds. The molecule has 1 aliphatic rings. The molecule has 0 heterocycles. The van der Waals surface area contributed by atoms with Gasteiger partial charge in [-0.25, -0.2) is 0 Å². The van der Waals surface area contributed by atoms with Gasteiger partial charge in [0.2, 0.25) is 0 Å². The molecular weight excluding hydrogens is 165 g/mol. The van der Waals surface area contributed by atoms with Crippen LogP contribution in [-0.4, -0.2) is 11.7 Å². The zero-order valence-electron chi connectivity index (χ0n) is 7.88. The van der Waals surface area contributed by atoms with E-state index in [0.717, 1.165) is 12.8 Å². The fraction of sp³-hybridized carbons (Fsp3) is 0.600. The first-order valence-electron chi connectivity index (χ1n) is 4.53. The lowest BCUT2D eigenvalue weighted by atomic mass is 9.86. The molecule has 0 radical (unpaired) electrons. The molecule has 0 saturated heterocycles. The van der Waals surface area contributed by atoms with Crippen LogP contribution >= 0.6 is 9.24 Å². The summed E-state index contributed by atoms with van der Waals surface area (Å²) in [7, 11) is 2.85. The lowest BCUT2D eigenvalue weighted by Gasteiger charge is -2.30. The monoisotopic (exact) mass is 183 g/mol. The van der Waals surface area contributed by atoms with E-state index in [9.17, 15) is 0 Å². The van der Waals surface area contributed by atoms with E-state index in [-0.39, 0.29) is 0 Å². The van der Waals surface area contributed by atoms with Gasteiger partial charge in [0.25, 0.3) is 0 Å². The first kappa shape index (κ1) is 9.95. The minimum atomic E-state index is 0.324. The molecule has 2 N–H and O–H groups in total. The van der Waals surface area contributed by atoms with Crippen LogP contribution in [0.5, 0.6) is 0 Å². The topological polar surface area (TPSA) is 26.0 Å². The molecule has 12 heavy (non-hydrogen) atoms. The van der Waals surface area contributed by atoms with E-state index < -0.39 is 0 Å². The van der Waals surface area contributed by atoms with Crippen molar-refractivity contribution >= 4 is 9.24 Å². The van der Waals surface area contributed by atoms with Crippen molar-refractivity contribution in [3.05, 3.63) is 23.3 Å². The van der Waals surface area contributed by atoms with E-state index in [4.69, 9.17) is 5.73 Å². The first-order chi connectivity index (χ1) is 5.70. The van der Waals surface area contributed by atoms with Crippen LogP contribution in [0, 0.1) is 0 Å². The van der Waals surface area contributed by atoms with Crippen molar-refractivity contribution in [1.82, 2.24) is 0 Å². The minimum absolute atomic E-state index is 0.324. The molecule has 0 aliphatic heterocycles. The quantitative estimate of drug-likeness (QED) is 0.573. The molecule has 0 aromatic heterocycles. The van der Waals surface area contributed by atoms with Gasteiger partial charge >= 0.3 is 0 Å². The molecule has 1 rings (SSSR count). The van der Waals surface area contributed by atoms with Crippen molar-refractivity contribution in [1.29, 1.82) is 0 Å². The molecule has 3 atom stereocenters. The number of hydrogen-bond acceptors (Lipinski definition) is 1. The Morgan fingerprint density at radius 2 is 2.08 bits per heavy atom. The molecule has 0 aromatic carbocycles. The lowest BCUT2D eigenvalue weighted by molar-refractivity contribution is 0.582. The summed E-state index contributed by atoms with van der Waals surface area (Å²) in [5.74, 6) is 0. The summed E-state index contributed by atoms with van der Waals surface area (Å²) in [6, 6.07) is 0.324. The molecule has 0 aromatic rings. The van der Waals surface area contributed by atoms with Crippen molar-refractivity contribution in [2.75, 3.05) is 0 Å². The van der Waals surface area contributed by atoms with Crippen molar-refractivity contribution < 1.29 is 0 Å². The molecule has 3 unspecified atom stereocenters. The fourth-order valence-corrected chi connectivity index (χ4v) is 2.38. The summed E-state index contributed by atoms with van der Waals surface area (Å²) in [6.45, 7) is 4.20. The lowest BCUT2D eigenvalue weighted by Crippen LogP contribution is -2.35. The van der Waals surface area contributed by atoms with Crippen LogP contribution < -0.4 is 5.73 Å². The number of hydrogen-bond donors (Lipinski definition) is 1. The maximum atomic E-state index is 5.97. The second-order valence-electron chi connectivity index (χ2n) is 3.29. The van der Waals surface area contributed by atoms with Crippen LogP contribution in [0.3, 0.4) is 0 Å². The summed E-state index contributed by atoms with van der Waals surface area (Å²) < 4.78 is 0. The zero-order chi connectivity index (χ0) is 9.14. The minimum Gasteiger partial charge on any atom is -0.327 e. The Labute approximate surface area is 77.3 Å². The van der Waals surface area contributed by atoms with Gasteiger partial charge in [0, 0.05) is 11.7 Å². The standard InChI is InChI=1S/C10H18NP/c1-3-7-5-6-9(11)10(12)8(7)4-2/h3-4,9-10H,5-6,11-12H2,1-2H3/b7-3-,8-4+.